The number of amides is 2. The van der Waals surface area contributed by atoms with E-state index in [1.807, 2.05) is 0 Å². The zero-order valence-corrected chi connectivity index (χ0v) is 10.9. The van der Waals surface area contributed by atoms with Gasteiger partial charge in [-0.1, -0.05) is 0 Å². The van der Waals surface area contributed by atoms with E-state index >= 15 is 0 Å². The van der Waals surface area contributed by atoms with Crippen molar-refractivity contribution >= 4 is 6.03 Å². The van der Waals surface area contributed by atoms with Gasteiger partial charge in [-0.15, -0.1) is 0 Å². The molecule has 1 aromatic carbocycles. The van der Waals surface area contributed by atoms with E-state index in [4.69, 9.17) is 10.5 Å². The van der Waals surface area contributed by atoms with Gasteiger partial charge in [0.05, 0.1) is 6.54 Å². The third-order valence-electron chi connectivity index (χ3n) is 3.03. The van der Waals surface area contributed by atoms with Gasteiger partial charge < -0.3 is 20.7 Å². The zero-order valence-electron chi connectivity index (χ0n) is 10.9. The average molecular weight is 267 g/mol. The molecule has 0 unspecified atom stereocenters. The summed E-state index contributed by atoms with van der Waals surface area (Å²) in [6, 6.07) is 3.90. The molecular formula is C13H18FN3O2. The lowest BCUT2D eigenvalue weighted by molar-refractivity contribution is 0.202. The first-order valence-corrected chi connectivity index (χ1v) is 6.28. The van der Waals surface area contributed by atoms with Crippen molar-refractivity contribution in [1.29, 1.82) is 0 Å². The number of hydrogen-bond donors (Lipinski definition) is 2. The molecule has 1 heterocycles. The van der Waals surface area contributed by atoms with Gasteiger partial charge in [-0.2, -0.15) is 0 Å². The predicted molar refractivity (Wildman–Crippen MR) is 69.5 cm³/mol. The van der Waals surface area contributed by atoms with Gasteiger partial charge >= 0.3 is 6.03 Å². The van der Waals surface area contributed by atoms with Crippen molar-refractivity contribution in [2.45, 2.75) is 13.0 Å². The normalized spacial score (nSPS) is 16.4. The third-order valence-corrected chi connectivity index (χ3v) is 3.03. The molecule has 104 valence electrons. The van der Waals surface area contributed by atoms with Crippen LogP contribution in [0.25, 0.3) is 0 Å². The van der Waals surface area contributed by atoms with Crippen molar-refractivity contribution in [3.05, 3.63) is 29.6 Å². The first-order chi connectivity index (χ1) is 9.08. The van der Waals surface area contributed by atoms with E-state index in [1.54, 1.807) is 17.9 Å². The minimum Gasteiger partial charge on any atom is -0.491 e. The summed E-state index contributed by atoms with van der Waals surface area (Å²) in [5, 5.41) is 2.72. The Morgan fingerprint density at radius 2 is 2.37 bits per heavy atom. The van der Waals surface area contributed by atoms with Gasteiger partial charge in [-0.05, 0) is 25.1 Å². The number of nitrogens with zero attached hydrogens (tertiary/aromatic N) is 1. The van der Waals surface area contributed by atoms with Crippen molar-refractivity contribution in [3.63, 3.8) is 0 Å². The second-order valence-electron chi connectivity index (χ2n) is 4.54. The number of urea groups is 1. The van der Waals surface area contributed by atoms with E-state index in [0.29, 0.717) is 37.6 Å². The van der Waals surface area contributed by atoms with Crippen LogP contribution >= 0.6 is 0 Å². The van der Waals surface area contributed by atoms with E-state index < -0.39 is 0 Å². The molecule has 0 aromatic heterocycles. The largest absolute Gasteiger partial charge is 0.491 e. The molecule has 0 bridgehead atoms. The molecule has 19 heavy (non-hydrogen) atoms. The standard InChI is InChI=1S/C13H18FN3O2/c1-9(15)11-8-10(14)2-3-12(11)19-7-6-17-5-4-16-13(17)18/h2-3,8-9H,4-7,15H2,1H3,(H,16,18)/t9-/m1/s1. The Bertz CT molecular complexity index is 465. The number of rotatable bonds is 5. The molecule has 2 rings (SSSR count). The van der Waals surface area contributed by atoms with Crippen molar-refractivity contribution < 1.29 is 13.9 Å². The number of halogens is 1. The van der Waals surface area contributed by atoms with Gasteiger partial charge in [0.1, 0.15) is 18.2 Å². The Morgan fingerprint density at radius 1 is 1.58 bits per heavy atom. The predicted octanol–water partition coefficient (Wildman–Crippen LogP) is 1.25. The Morgan fingerprint density at radius 3 is 3.00 bits per heavy atom. The van der Waals surface area contributed by atoms with Gasteiger partial charge in [0.2, 0.25) is 0 Å². The second-order valence-corrected chi connectivity index (χ2v) is 4.54. The quantitative estimate of drug-likeness (QED) is 0.843. The number of nitrogens with two attached hydrogens (primary N) is 1. The number of carbonyl (C=O) groups excluding carboxylic acids is 1. The Labute approximate surface area is 111 Å². The summed E-state index contributed by atoms with van der Waals surface area (Å²) in [6.07, 6.45) is 0. The summed E-state index contributed by atoms with van der Waals surface area (Å²) in [4.78, 5) is 13.0. The fourth-order valence-corrected chi connectivity index (χ4v) is 2.00. The first kappa shape index (κ1) is 13.6. The molecule has 1 aliphatic rings. The van der Waals surface area contributed by atoms with E-state index in [0.717, 1.165) is 0 Å². The molecule has 3 N–H and O–H groups in total. The van der Waals surface area contributed by atoms with Crippen LogP contribution in [-0.2, 0) is 0 Å². The average Bonchev–Trinajstić information content (AvgIpc) is 2.77. The lowest BCUT2D eigenvalue weighted by Gasteiger charge is -2.17. The lowest BCUT2D eigenvalue weighted by atomic mass is 10.1. The minimum absolute atomic E-state index is 0.0740. The van der Waals surface area contributed by atoms with E-state index in [-0.39, 0.29) is 17.9 Å². The number of hydrogen-bond acceptors (Lipinski definition) is 3. The lowest BCUT2D eigenvalue weighted by Crippen LogP contribution is -2.32. The Hall–Kier alpha value is -1.82. The smallest absolute Gasteiger partial charge is 0.317 e. The Balaban J connectivity index is 1.93. The third kappa shape index (κ3) is 3.35. The molecule has 5 nitrogen and oxygen atoms in total. The maximum absolute atomic E-state index is 13.2. The highest BCUT2D eigenvalue weighted by molar-refractivity contribution is 5.76. The van der Waals surface area contributed by atoms with Crippen molar-refractivity contribution in [2.24, 2.45) is 5.73 Å². The van der Waals surface area contributed by atoms with Crippen LogP contribution < -0.4 is 15.8 Å². The number of benzene rings is 1. The SMILES string of the molecule is C[C@@H](N)c1cc(F)ccc1OCCN1CCNC1=O. The van der Waals surface area contributed by atoms with E-state index in [2.05, 4.69) is 5.32 Å². The summed E-state index contributed by atoms with van der Waals surface area (Å²) < 4.78 is 18.7. The minimum atomic E-state index is -0.335. The summed E-state index contributed by atoms with van der Waals surface area (Å²) in [7, 11) is 0. The molecule has 1 aromatic rings. The highest BCUT2D eigenvalue weighted by Crippen LogP contribution is 2.24. The molecule has 1 atom stereocenters. The van der Waals surface area contributed by atoms with Crippen LogP contribution in [0.3, 0.4) is 0 Å². The molecule has 0 spiro atoms. The van der Waals surface area contributed by atoms with Crippen LogP contribution in [-0.4, -0.2) is 37.2 Å². The fourth-order valence-electron chi connectivity index (χ4n) is 2.00. The maximum Gasteiger partial charge on any atom is 0.317 e. The van der Waals surface area contributed by atoms with Gasteiger partial charge in [-0.3, -0.25) is 0 Å². The van der Waals surface area contributed by atoms with E-state index in [9.17, 15) is 9.18 Å². The van der Waals surface area contributed by atoms with Crippen molar-refractivity contribution in [2.75, 3.05) is 26.2 Å². The molecular weight excluding hydrogens is 249 g/mol. The number of nitrogens with one attached hydrogen (secondary N) is 1. The Kier molecular flexibility index (Phi) is 4.21. The molecule has 0 radical (unpaired) electrons. The van der Waals surface area contributed by atoms with Gasteiger partial charge in [0.15, 0.2) is 0 Å². The van der Waals surface area contributed by atoms with Crippen LogP contribution in [0.1, 0.15) is 18.5 Å². The number of carbonyl (C=O) groups is 1. The molecule has 0 saturated carbocycles. The molecule has 1 saturated heterocycles. The van der Waals surface area contributed by atoms with Crippen LogP contribution in [0, 0.1) is 5.82 Å². The second kappa shape index (κ2) is 5.88. The molecule has 1 aliphatic heterocycles. The number of ether oxygens (including phenoxy) is 1. The summed E-state index contributed by atoms with van der Waals surface area (Å²) in [5.74, 6) is 0.231. The summed E-state index contributed by atoms with van der Waals surface area (Å²) >= 11 is 0. The molecule has 0 aliphatic carbocycles. The van der Waals surface area contributed by atoms with Crippen LogP contribution in [0.5, 0.6) is 5.75 Å². The van der Waals surface area contributed by atoms with Gasteiger partial charge in [0.25, 0.3) is 0 Å². The highest BCUT2D eigenvalue weighted by atomic mass is 19.1. The van der Waals surface area contributed by atoms with Crippen molar-refractivity contribution in [1.82, 2.24) is 10.2 Å². The summed E-state index contributed by atoms with van der Waals surface area (Å²) in [5.41, 5.74) is 6.41. The van der Waals surface area contributed by atoms with Crippen LogP contribution in [0.15, 0.2) is 18.2 Å². The van der Waals surface area contributed by atoms with Crippen LogP contribution in [0.2, 0.25) is 0 Å². The van der Waals surface area contributed by atoms with Crippen LogP contribution in [0.4, 0.5) is 9.18 Å². The molecule has 2 amide bonds. The van der Waals surface area contributed by atoms with E-state index in [1.165, 1.54) is 12.1 Å². The fraction of sp³-hybridized carbons (Fsp3) is 0.462. The van der Waals surface area contributed by atoms with Crippen molar-refractivity contribution in [3.8, 4) is 5.75 Å². The topological polar surface area (TPSA) is 67.6 Å². The monoisotopic (exact) mass is 267 g/mol. The first-order valence-electron chi connectivity index (χ1n) is 6.28. The highest BCUT2D eigenvalue weighted by Gasteiger charge is 2.19. The molecule has 1 fully saturated rings. The molecule has 6 heteroatoms. The van der Waals surface area contributed by atoms with Gasteiger partial charge in [0, 0.05) is 24.7 Å². The maximum atomic E-state index is 13.2. The van der Waals surface area contributed by atoms with Gasteiger partial charge in [-0.25, -0.2) is 9.18 Å². The summed E-state index contributed by atoms with van der Waals surface area (Å²) in [6.45, 7) is 3.99. The zero-order chi connectivity index (χ0) is 13.8.